The second kappa shape index (κ2) is 6.40. The first-order chi connectivity index (χ1) is 11.8. The van der Waals surface area contributed by atoms with Crippen molar-refractivity contribution >= 4 is 11.6 Å². The zero-order chi connectivity index (χ0) is 16.4. The smallest absolute Gasteiger partial charge is 0.223 e. The highest BCUT2D eigenvalue weighted by Gasteiger charge is 2.39. The molecule has 1 aliphatic heterocycles. The van der Waals surface area contributed by atoms with Crippen LogP contribution in [0.4, 0.5) is 11.6 Å². The molecule has 2 fully saturated rings. The third-order valence-electron chi connectivity index (χ3n) is 5.14. The van der Waals surface area contributed by atoms with E-state index >= 15 is 0 Å². The van der Waals surface area contributed by atoms with Crippen molar-refractivity contribution in [1.82, 2.24) is 9.97 Å². The lowest BCUT2D eigenvalue weighted by Gasteiger charge is -2.43. The SMILES string of the molecule is Cc1cnc(NC2(c3ccc(N4CCOCC4)cc3)CCC2)nc1. The Hall–Kier alpha value is -2.14. The van der Waals surface area contributed by atoms with Crippen LogP contribution < -0.4 is 10.2 Å². The molecule has 126 valence electrons. The molecule has 1 aromatic heterocycles. The number of ether oxygens (including phenoxy) is 1. The topological polar surface area (TPSA) is 50.3 Å². The highest BCUT2D eigenvalue weighted by atomic mass is 16.5. The van der Waals surface area contributed by atoms with Gasteiger partial charge in [0.15, 0.2) is 0 Å². The number of benzene rings is 1. The molecule has 0 spiro atoms. The summed E-state index contributed by atoms with van der Waals surface area (Å²) >= 11 is 0. The minimum absolute atomic E-state index is 0.0151. The highest BCUT2D eigenvalue weighted by Crippen LogP contribution is 2.43. The van der Waals surface area contributed by atoms with E-state index in [1.165, 1.54) is 17.7 Å². The number of nitrogens with zero attached hydrogens (tertiary/aromatic N) is 3. The Balaban J connectivity index is 1.53. The van der Waals surface area contributed by atoms with Crippen molar-refractivity contribution < 1.29 is 4.74 Å². The van der Waals surface area contributed by atoms with Gasteiger partial charge in [-0.2, -0.15) is 0 Å². The largest absolute Gasteiger partial charge is 0.378 e. The van der Waals surface area contributed by atoms with E-state index in [0.717, 1.165) is 50.7 Å². The number of hydrogen-bond acceptors (Lipinski definition) is 5. The summed E-state index contributed by atoms with van der Waals surface area (Å²) in [5, 5.41) is 3.58. The average Bonchev–Trinajstić information content (AvgIpc) is 2.61. The number of morpholine rings is 1. The van der Waals surface area contributed by atoms with Gasteiger partial charge < -0.3 is 15.0 Å². The van der Waals surface area contributed by atoms with Crippen LogP contribution in [-0.2, 0) is 10.3 Å². The molecule has 0 atom stereocenters. The summed E-state index contributed by atoms with van der Waals surface area (Å²) < 4.78 is 5.43. The molecule has 1 aliphatic carbocycles. The molecule has 1 saturated carbocycles. The van der Waals surface area contributed by atoms with E-state index in [0.29, 0.717) is 0 Å². The second-order valence-corrected chi connectivity index (χ2v) is 6.79. The average molecular weight is 324 g/mol. The molecule has 1 saturated heterocycles. The van der Waals surface area contributed by atoms with Gasteiger partial charge in [0.2, 0.25) is 5.95 Å². The van der Waals surface area contributed by atoms with E-state index in [1.54, 1.807) is 0 Å². The van der Waals surface area contributed by atoms with E-state index in [9.17, 15) is 0 Å². The quantitative estimate of drug-likeness (QED) is 0.936. The lowest BCUT2D eigenvalue weighted by atomic mass is 9.72. The van der Waals surface area contributed by atoms with Gasteiger partial charge in [-0.1, -0.05) is 12.1 Å². The summed E-state index contributed by atoms with van der Waals surface area (Å²) in [7, 11) is 0. The molecule has 0 amide bonds. The van der Waals surface area contributed by atoms with Gasteiger partial charge in [-0.25, -0.2) is 9.97 Å². The monoisotopic (exact) mass is 324 g/mol. The molecule has 4 rings (SSSR count). The van der Waals surface area contributed by atoms with Crippen molar-refractivity contribution in [1.29, 1.82) is 0 Å². The summed E-state index contributed by atoms with van der Waals surface area (Å²) in [6.45, 7) is 5.59. The number of aromatic nitrogens is 2. The van der Waals surface area contributed by atoms with Crippen molar-refractivity contribution in [2.24, 2.45) is 0 Å². The summed E-state index contributed by atoms with van der Waals surface area (Å²) in [6.07, 6.45) is 7.22. The Morgan fingerprint density at radius 2 is 1.71 bits per heavy atom. The molecule has 0 radical (unpaired) electrons. The van der Waals surface area contributed by atoms with Crippen molar-refractivity contribution in [2.45, 2.75) is 31.7 Å². The molecular formula is C19H24N4O. The minimum Gasteiger partial charge on any atom is -0.378 e. The van der Waals surface area contributed by atoms with Crippen LogP contribution in [0, 0.1) is 6.92 Å². The van der Waals surface area contributed by atoms with Crippen molar-refractivity contribution in [3.63, 3.8) is 0 Å². The molecule has 5 nitrogen and oxygen atoms in total. The number of nitrogens with one attached hydrogen (secondary N) is 1. The van der Waals surface area contributed by atoms with E-state index in [1.807, 2.05) is 19.3 Å². The van der Waals surface area contributed by atoms with Gasteiger partial charge in [0, 0.05) is 31.2 Å². The van der Waals surface area contributed by atoms with E-state index < -0.39 is 0 Å². The summed E-state index contributed by atoms with van der Waals surface area (Å²) in [4.78, 5) is 11.2. The molecule has 0 unspecified atom stereocenters. The molecule has 0 bridgehead atoms. The van der Waals surface area contributed by atoms with E-state index in [-0.39, 0.29) is 5.54 Å². The van der Waals surface area contributed by atoms with Gasteiger partial charge in [0.25, 0.3) is 0 Å². The van der Waals surface area contributed by atoms with Crippen molar-refractivity contribution in [3.05, 3.63) is 47.8 Å². The number of aryl methyl sites for hydroxylation is 1. The third-order valence-corrected chi connectivity index (χ3v) is 5.14. The predicted octanol–water partition coefficient (Wildman–Crippen LogP) is 3.11. The number of rotatable bonds is 4. The maximum absolute atomic E-state index is 5.43. The standard InChI is InChI=1S/C19H24N4O/c1-15-13-20-18(21-14-15)22-19(7-2-8-19)16-3-5-17(6-4-16)23-9-11-24-12-10-23/h3-6,13-14H,2,7-12H2,1H3,(H,20,21,22). The Bertz CT molecular complexity index is 674. The number of anilines is 2. The van der Waals surface area contributed by atoms with Crippen LogP contribution >= 0.6 is 0 Å². The Labute approximate surface area is 143 Å². The van der Waals surface area contributed by atoms with Gasteiger partial charge in [-0.3, -0.25) is 0 Å². The van der Waals surface area contributed by atoms with Crippen LogP contribution in [0.3, 0.4) is 0 Å². The Morgan fingerprint density at radius 3 is 2.29 bits per heavy atom. The van der Waals surface area contributed by atoms with Gasteiger partial charge in [-0.05, 0) is 49.4 Å². The molecule has 2 aromatic rings. The van der Waals surface area contributed by atoms with Crippen LogP contribution in [0.15, 0.2) is 36.7 Å². The lowest BCUT2D eigenvalue weighted by molar-refractivity contribution is 0.122. The highest BCUT2D eigenvalue weighted by molar-refractivity contribution is 5.50. The van der Waals surface area contributed by atoms with E-state index in [2.05, 4.69) is 44.5 Å². The maximum Gasteiger partial charge on any atom is 0.223 e. The Morgan fingerprint density at radius 1 is 1.04 bits per heavy atom. The summed E-state index contributed by atoms with van der Waals surface area (Å²) in [5.41, 5.74) is 3.68. The van der Waals surface area contributed by atoms with Crippen LogP contribution in [-0.4, -0.2) is 36.3 Å². The first-order valence-corrected chi connectivity index (χ1v) is 8.75. The maximum atomic E-state index is 5.43. The lowest BCUT2D eigenvalue weighted by Crippen LogP contribution is -2.42. The molecule has 1 N–H and O–H groups in total. The van der Waals surface area contributed by atoms with Crippen molar-refractivity contribution in [3.8, 4) is 0 Å². The number of hydrogen-bond donors (Lipinski definition) is 1. The predicted molar refractivity (Wildman–Crippen MR) is 95.4 cm³/mol. The summed E-state index contributed by atoms with van der Waals surface area (Å²) in [5.74, 6) is 0.720. The van der Waals surface area contributed by atoms with E-state index in [4.69, 9.17) is 4.74 Å². The molecule has 2 heterocycles. The second-order valence-electron chi connectivity index (χ2n) is 6.79. The third kappa shape index (κ3) is 2.96. The van der Waals surface area contributed by atoms with Crippen LogP contribution in [0.5, 0.6) is 0 Å². The minimum atomic E-state index is -0.0151. The molecule has 2 aliphatic rings. The Kier molecular flexibility index (Phi) is 4.10. The van der Waals surface area contributed by atoms with Gasteiger partial charge in [0.05, 0.1) is 18.8 Å². The van der Waals surface area contributed by atoms with Crippen LogP contribution in [0.25, 0.3) is 0 Å². The van der Waals surface area contributed by atoms with Gasteiger partial charge >= 0.3 is 0 Å². The first-order valence-electron chi connectivity index (χ1n) is 8.75. The molecule has 24 heavy (non-hydrogen) atoms. The van der Waals surface area contributed by atoms with Crippen LogP contribution in [0.2, 0.25) is 0 Å². The fourth-order valence-electron chi connectivity index (χ4n) is 3.50. The summed E-state index contributed by atoms with van der Waals surface area (Å²) in [6, 6.07) is 8.98. The molecular weight excluding hydrogens is 300 g/mol. The zero-order valence-corrected chi connectivity index (χ0v) is 14.2. The van der Waals surface area contributed by atoms with Crippen molar-refractivity contribution in [2.75, 3.05) is 36.5 Å². The zero-order valence-electron chi connectivity index (χ0n) is 14.2. The van der Waals surface area contributed by atoms with Crippen LogP contribution in [0.1, 0.15) is 30.4 Å². The normalized spacial score (nSPS) is 19.6. The fourth-order valence-corrected chi connectivity index (χ4v) is 3.50. The molecule has 5 heteroatoms. The van der Waals surface area contributed by atoms with Gasteiger partial charge in [-0.15, -0.1) is 0 Å². The first kappa shape index (κ1) is 15.4. The fraction of sp³-hybridized carbons (Fsp3) is 0.474. The molecule has 1 aromatic carbocycles. The van der Waals surface area contributed by atoms with Gasteiger partial charge in [0.1, 0.15) is 0 Å².